The Balaban J connectivity index is 2.55. The van der Waals surface area contributed by atoms with E-state index in [2.05, 4.69) is 44.3 Å². The van der Waals surface area contributed by atoms with Crippen LogP contribution in [0.1, 0.15) is 31.4 Å². The number of fused-ring (bicyclic) bond motifs is 1. The van der Waals surface area contributed by atoms with Crippen LogP contribution < -0.4 is 5.32 Å². The summed E-state index contributed by atoms with van der Waals surface area (Å²) < 4.78 is 0. The molecular weight excluding hydrogens is 158 g/mol. The molecule has 0 bridgehead atoms. The third-order valence-corrected chi connectivity index (χ3v) is 3.36. The zero-order valence-electron chi connectivity index (χ0n) is 8.65. The second kappa shape index (κ2) is 2.76. The number of rotatable bonds is 1. The van der Waals surface area contributed by atoms with Gasteiger partial charge >= 0.3 is 0 Å². The number of nitrogens with one attached hydrogen (secondary N) is 1. The van der Waals surface area contributed by atoms with Crippen molar-refractivity contribution in [2.24, 2.45) is 0 Å². The van der Waals surface area contributed by atoms with Crippen LogP contribution in [0.4, 0.5) is 5.69 Å². The first kappa shape index (κ1) is 8.61. The first-order valence-corrected chi connectivity index (χ1v) is 5.01. The summed E-state index contributed by atoms with van der Waals surface area (Å²) in [6.45, 7) is 7.86. The molecule has 1 aliphatic heterocycles. The van der Waals surface area contributed by atoms with E-state index in [1.165, 1.54) is 23.2 Å². The van der Waals surface area contributed by atoms with E-state index >= 15 is 0 Å². The zero-order valence-corrected chi connectivity index (χ0v) is 8.65. The molecule has 0 aromatic heterocycles. The largest absolute Gasteiger partial charge is 0.384 e. The van der Waals surface area contributed by atoms with Crippen molar-refractivity contribution in [1.29, 1.82) is 0 Å². The lowest BCUT2D eigenvalue weighted by Crippen LogP contribution is -2.22. The summed E-state index contributed by atoms with van der Waals surface area (Å²) in [6, 6.07) is 6.59. The second-order valence-electron chi connectivity index (χ2n) is 4.27. The molecule has 1 aromatic rings. The summed E-state index contributed by atoms with van der Waals surface area (Å²) >= 11 is 0. The quantitative estimate of drug-likeness (QED) is 0.691. The average Bonchev–Trinajstić information content (AvgIpc) is 2.47. The van der Waals surface area contributed by atoms with Gasteiger partial charge in [0.15, 0.2) is 0 Å². The summed E-state index contributed by atoms with van der Waals surface area (Å²) in [5.74, 6) is 0. The van der Waals surface area contributed by atoms with Crippen molar-refractivity contribution >= 4 is 5.69 Å². The standard InChI is InChI=1S/C12H17N/c1-4-12(3)8-13-11-9(2)6-5-7-10(11)12/h5-7,13H,4,8H2,1-3H3/t12-/m0/s1. The first-order chi connectivity index (χ1) is 6.17. The smallest absolute Gasteiger partial charge is 0.0409 e. The number of anilines is 1. The first-order valence-electron chi connectivity index (χ1n) is 5.01. The molecule has 0 unspecified atom stereocenters. The molecule has 2 rings (SSSR count). The van der Waals surface area contributed by atoms with Crippen molar-refractivity contribution in [3.8, 4) is 0 Å². The van der Waals surface area contributed by atoms with Crippen LogP contribution in [0.5, 0.6) is 0 Å². The second-order valence-corrected chi connectivity index (χ2v) is 4.27. The van der Waals surface area contributed by atoms with Gasteiger partial charge in [0.05, 0.1) is 0 Å². The Morgan fingerprint density at radius 1 is 1.46 bits per heavy atom. The molecule has 1 N–H and O–H groups in total. The molecule has 0 radical (unpaired) electrons. The Morgan fingerprint density at radius 3 is 2.92 bits per heavy atom. The molecule has 0 saturated carbocycles. The number of hydrogen-bond acceptors (Lipinski definition) is 1. The Hall–Kier alpha value is -0.980. The van der Waals surface area contributed by atoms with Crippen LogP contribution in [-0.2, 0) is 5.41 Å². The minimum absolute atomic E-state index is 0.349. The van der Waals surface area contributed by atoms with Gasteiger partial charge in [0.25, 0.3) is 0 Å². The van der Waals surface area contributed by atoms with Crippen molar-refractivity contribution < 1.29 is 0 Å². The molecule has 0 aliphatic carbocycles. The van der Waals surface area contributed by atoms with Gasteiger partial charge in [0.1, 0.15) is 0 Å². The predicted octanol–water partition coefficient (Wildman–Crippen LogP) is 3.09. The molecule has 0 saturated heterocycles. The molecule has 1 heterocycles. The van der Waals surface area contributed by atoms with Gasteiger partial charge in [-0.2, -0.15) is 0 Å². The third-order valence-electron chi connectivity index (χ3n) is 3.36. The maximum absolute atomic E-state index is 3.51. The van der Waals surface area contributed by atoms with Crippen molar-refractivity contribution in [3.63, 3.8) is 0 Å². The molecule has 1 nitrogen and oxygen atoms in total. The fraction of sp³-hybridized carbons (Fsp3) is 0.500. The summed E-state index contributed by atoms with van der Waals surface area (Å²) in [5, 5.41) is 3.51. The normalized spacial score (nSPS) is 25.5. The van der Waals surface area contributed by atoms with E-state index in [1.807, 2.05) is 0 Å². The van der Waals surface area contributed by atoms with Crippen LogP contribution in [0.25, 0.3) is 0 Å². The summed E-state index contributed by atoms with van der Waals surface area (Å²) in [6.07, 6.45) is 1.20. The number of aryl methyl sites for hydroxylation is 1. The minimum atomic E-state index is 0.349. The van der Waals surface area contributed by atoms with Crippen molar-refractivity contribution in [2.45, 2.75) is 32.6 Å². The van der Waals surface area contributed by atoms with Gasteiger partial charge in [0, 0.05) is 17.6 Å². The van der Waals surface area contributed by atoms with E-state index in [4.69, 9.17) is 0 Å². The van der Waals surface area contributed by atoms with Crippen molar-refractivity contribution in [3.05, 3.63) is 29.3 Å². The van der Waals surface area contributed by atoms with E-state index in [9.17, 15) is 0 Å². The van der Waals surface area contributed by atoms with Gasteiger partial charge < -0.3 is 5.32 Å². The maximum atomic E-state index is 3.51. The molecular formula is C12H17N. The topological polar surface area (TPSA) is 12.0 Å². The molecule has 1 atom stereocenters. The lowest BCUT2D eigenvalue weighted by Gasteiger charge is -2.21. The predicted molar refractivity (Wildman–Crippen MR) is 57.3 cm³/mol. The number of hydrogen-bond donors (Lipinski definition) is 1. The van der Waals surface area contributed by atoms with E-state index in [1.54, 1.807) is 0 Å². The minimum Gasteiger partial charge on any atom is -0.384 e. The highest BCUT2D eigenvalue weighted by atomic mass is 14.9. The van der Waals surface area contributed by atoms with Gasteiger partial charge in [-0.25, -0.2) is 0 Å². The Morgan fingerprint density at radius 2 is 2.23 bits per heavy atom. The Kier molecular flexibility index (Phi) is 1.83. The van der Waals surface area contributed by atoms with Gasteiger partial charge in [-0.15, -0.1) is 0 Å². The zero-order chi connectivity index (χ0) is 9.47. The van der Waals surface area contributed by atoms with Gasteiger partial charge in [-0.05, 0) is 24.5 Å². The fourth-order valence-electron chi connectivity index (χ4n) is 2.10. The van der Waals surface area contributed by atoms with Crippen molar-refractivity contribution in [1.82, 2.24) is 0 Å². The summed E-state index contributed by atoms with van der Waals surface area (Å²) in [7, 11) is 0. The molecule has 0 amide bonds. The molecule has 0 fully saturated rings. The highest BCUT2D eigenvalue weighted by Gasteiger charge is 2.32. The highest BCUT2D eigenvalue weighted by Crippen LogP contribution is 2.40. The average molecular weight is 175 g/mol. The van der Waals surface area contributed by atoms with Crippen LogP contribution in [0, 0.1) is 6.92 Å². The van der Waals surface area contributed by atoms with Crippen LogP contribution in [-0.4, -0.2) is 6.54 Å². The highest BCUT2D eigenvalue weighted by molar-refractivity contribution is 5.64. The third kappa shape index (κ3) is 1.14. The van der Waals surface area contributed by atoms with Gasteiger partial charge in [-0.1, -0.05) is 32.0 Å². The number of para-hydroxylation sites is 1. The lowest BCUT2D eigenvalue weighted by molar-refractivity contribution is 0.504. The Bertz CT molecular complexity index is 330. The molecule has 1 aliphatic rings. The fourth-order valence-corrected chi connectivity index (χ4v) is 2.10. The van der Waals surface area contributed by atoms with E-state index in [0.29, 0.717) is 5.41 Å². The SMILES string of the molecule is CC[C@@]1(C)CNc2c(C)cccc21. The monoisotopic (exact) mass is 175 g/mol. The molecule has 70 valence electrons. The van der Waals surface area contributed by atoms with Crippen LogP contribution in [0.2, 0.25) is 0 Å². The lowest BCUT2D eigenvalue weighted by atomic mass is 9.82. The number of benzene rings is 1. The van der Waals surface area contributed by atoms with E-state index in [0.717, 1.165) is 6.54 Å². The molecule has 13 heavy (non-hydrogen) atoms. The molecule has 1 heteroatoms. The van der Waals surface area contributed by atoms with Crippen LogP contribution >= 0.6 is 0 Å². The maximum Gasteiger partial charge on any atom is 0.0409 e. The summed E-state index contributed by atoms with van der Waals surface area (Å²) in [4.78, 5) is 0. The van der Waals surface area contributed by atoms with Crippen LogP contribution in [0.15, 0.2) is 18.2 Å². The summed E-state index contributed by atoms with van der Waals surface area (Å²) in [5.41, 5.74) is 4.58. The molecule has 0 spiro atoms. The van der Waals surface area contributed by atoms with Crippen molar-refractivity contribution in [2.75, 3.05) is 11.9 Å². The van der Waals surface area contributed by atoms with Gasteiger partial charge in [0.2, 0.25) is 0 Å². The van der Waals surface area contributed by atoms with E-state index in [-0.39, 0.29) is 0 Å². The Labute approximate surface area is 80.2 Å². The van der Waals surface area contributed by atoms with Gasteiger partial charge in [-0.3, -0.25) is 0 Å². The van der Waals surface area contributed by atoms with E-state index < -0.39 is 0 Å². The van der Waals surface area contributed by atoms with Crippen LogP contribution in [0.3, 0.4) is 0 Å². The molecule has 1 aromatic carbocycles.